The van der Waals surface area contributed by atoms with E-state index in [2.05, 4.69) is 37.9 Å². The molecule has 1 atom stereocenters. The van der Waals surface area contributed by atoms with Gasteiger partial charge in [0.15, 0.2) is 0 Å². The zero-order valence-electron chi connectivity index (χ0n) is 10.1. The van der Waals surface area contributed by atoms with Crippen LogP contribution < -0.4 is 5.32 Å². The van der Waals surface area contributed by atoms with Crippen molar-refractivity contribution in [3.05, 3.63) is 0 Å². The molecular formula is C12H24N2. The van der Waals surface area contributed by atoms with Crippen LogP contribution in [0.4, 0.5) is 0 Å². The average molecular weight is 196 g/mol. The molecule has 82 valence electrons. The van der Waals surface area contributed by atoms with E-state index in [0.29, 0.717) is 10.8 Å². The zero-order valence-corrected chi connectivity index (χ0v) is 10.1. The van der Waals surface area contributed by atoms with Crippen molar-refractivity contribution in [1.82, 2.24) is 10.2 Å². The Morgan fingerprint density at radius 1 is 1.07 bits per heavy atom. The molecule has 0 radical (unpaired) electrons. The molecule has 0 aromatic rings. The van der Waals surface area contributed by atoms with E-state index in [1.165, 1.54) is 32.6 Å². The highest BCUT2D eigenvalue weighted by atomic mass is 15.2. The lowest BCUT2D eigenvalue weighted by atomic mass is 9.71. The predicted molar refractivity (Wildman–Crippen MR) is 60.4 cm³/mol. The molecule has 2 aliphatic rings. The molecule has 2 heterocycles. The molecule has 0 aromatic carbocycles. The van der Waals surface area contributed by atoms with E-state index >= 15 is 0 Å². The number of nitrogens with one attached hydrogen (secondary N) is 1. The summed E-state index contributed by atoms with van der Waals surface area (Å²) in [5, 5.41) is 3.46. The number of hydrogen-bond donors (Lipinski definition) is 1. The van der Waals surface area contributed by atoms with Crippen molar-refractivity contribution in [3.8, 4) is 0 Å². The fourth-order valence-electron chi connectivity index (χ4n) is 2.71. The van der Waals surface area contributed by atoms with Crippen LogP contribution in [0.5, 0.6) is 0 Å². The van der Waals surface area contributed by atoms with Crippen LogP contribution >= 0.6 is 0 Å². The molecule has 0 aromatic heterocycles. The van der Waals surface area contributed by atoms with Gasteiger partial charge in [0.1, 0.15) is 0 Å². The molecule has 0 spiro atoms. The first kappa shape index (κ1) is 10.4. The average Bonchev–Trinajstić information content (AvgIpc) is 2.58. The van der Waals surface area contributed by atoms with Crippen LogP contribution in [-0.2, 0) is 0 Å². The zero-order chi connectivity index (χ0) is 10.4. The van der Waals surface area contributed by atoms with Gasteiger partial charge in [-0.3, -0.25) is 4.90 Å². The lowest BCUT2D eigenvalue weighted by Crippen LogP contribution is -2.36. The van der Waals surface area contributed by atoms with Crippen LogP contribution in [0.2, 0.25) is 0 Å². The van der Waals surface area contributed by atoms with Gasteiger partial charge in [-0.25, -0.2) is 0 Å². The summed E-state index contributed by atoms with van der Waals surface area (Å²) in [4.78, 5) is 2.69. The third-order valence-corrected chi connectivity index (χ3v) is 4.58. The fraction of sp³-hybridized carbons (Fsp3) is 1.00. The summed E-state index contributed by atoms with van der Waals surface area (Å²) in [6.45, 7) is 14.6. The van der Waals surface area contributed by atoms with Gasteiger partial charge in [-0.2, -0.15) is 0 Å². The number of rotatable bonds is 1. The van der Waals surface area contributed by atoms with Crippen LogP contribution in [0.25, 0.3) is 0 Å². The van der Waals surface area contributed by atoms with Crippen LogP contribution in [0.15, 0.2) is 0 Å². The Morgan fingerprint density at radius 2 is 1.64 bits per heavy atom. The van der Waals surface area contributed by atoms with E-state index in [9.17, 15) is 0 Å². The van der Waals surface area contributed by atoms with E-state index in [1.807, 2.05) is 0 Å². The van der Waals surface area contributed by atoms with Crippen LogP contribution in [0, 0.1) is 10.8 Å². The Bertz CT molecular complexity index is 198. The first-order valence-corrected chi connectivity index (χ1v) is 5.87. The Morgan fingerprint density at radius 3 is 2.07 bits per heavy atom. The van der Waals surface area contributed by atoms with Crippen molar-refractivity contribution in [2.75, 3.05) is 26.2 Å². The van der Waals surface area contributed by atoms with Crippen molar-refractivity contribution in [1.29, 1.82) is 0 Å². The van der Waals surface area contributed by atoms with E-state index in [4.69, 9.17) is 0 Å². The molecule has 0 amide bonds. The molecule has 0 saturated carbocycles. The summed E-state index contributed by atoms with van der Waals surface area (Å²) >= 11 is 0. The molecule has 0 bridgehead atoms. The summed E-state index contributed by atoms with van der Waals surface area (Å²) in [5.74, 6) is 0. The Hall–Kier alpha value is -0.0800. The van der Waals surface area contributed by atoms with Crippen molar-refractivity contribution < 1.29 is 0 Å². The number of likely N-dealkylation sites (tertiary alicyclic amines) is 1. The first-order valence-electron chi connectivity index (χ1n) is 5.87. The molecule has 2 rings (SSSR count). The summed E-state index contributed by atoms with van der Waals surface area (Å²) < 4.78 is 0. The van der Waals surface area contributed by atoms with Gasteiger partial charge in [0.25, 0.3) is 0 Å². The smallest absolute Gasteiger partial charge is 0.0233 e. The van der Waals surface area contributed by atoms with E-state index in [0.717, 1.165) is 6.04 Å². The Balaban J connectivity index is 2.05. The molecule has 0 unspecified atom stereocenters. The lowest BCUT2D eigenvalue weighted by molar-refractivity contribution is 0.184. The molecule has 2 nitrogen and oxygen atoms in total. The first-order chi connectivity index (χ1) is 6.42. The van der Waals surface area contributed by atoms with E-state index < -0.39 is 0 Å². The second kappa shape index (κ2) is 3.21. The minimum absolute atomic E-state index is 0.468. The number of nitrogens with zero attached hydrogens (tertiary/aromatic N) is 1. The molecular weight excluding hydrogens is 172 g/mol. The molecule has 1 N–H and O–H groups in total. The van der Waals surface area contributed by atoms with Gasteiger partial charge in [0.2, 0.25) is 0 Å². The van der Waals surface area contributed by atoms with Gasteiger partial charge in [-0.15, -0.1) is 0 Å². The Kier molecular flexibility index (Phi) is 2.39. The maximum absolute atomic E-state index is 3.46. The largest absolute Gasteiger partial charge is 0.315 e. The van der Waals surface area contributed by atoms with Crippen LogP contribution in [-0.4, -0.2) is 37.1 Å². The fourth-order valence-corrected chi connectivity index (χ4v) is 2.71. The Labute approximate surface area is 88.1 Å². The van der Waals surface area contributed by atoms with Gasteiger partial charge in [0.05, 0.1) is 0 Å². The van der Waals surface area contributed by atoms with Crippen molar-refractivity contribution in [2.45, 2.75) is 40.2 Å². The molecule has 2 saturated heterocycles. The third kappa shape index (κ3) is 1.59. The second-order valence-corrected chi connectivity index (χ2v) is 6.32. The molecule has 2 heteroatoms. The van der Waals surface area contributed by atoms with Gasteiger partial charge >= 0.3 is 0 Å². The highest BCUT2D eigenvalue weighted by Crippen LogP contribution is 2.46. The standard InChI is InChI=1S/C12H24N2/c1-11(2)8-14(9-12(11,3)4)10-5-6-13-7-10/h10,13H,5-9H2,1-4H3/t10-/m1/s1. The summed E-state index contributed by atoms with van der Waals surface area (Å²) in [5.41, 5.74) is 0.936. The SMILES string of the molecule is CC1(C)CN([C@@H]2CCNC2)CC1(C)C. The quantitative estimate of drug-likeness (QED) is 0.687. The maximum Gasteiger partial charge on any atom is 0.0233 e. The topological polar surface area (TPSA) is 15.3 Å². The number of hydrogen-bond acceptors (Lipinski definition) is 2. The highest BCUT2D eigenvalue weighted by molar-refractivity contribution is 5.00. The van der Waals surface area contributed by atoms with E-state index in [-0.39, 0.29) is 0 Å². The van der Waals surface area contributed by atoms with Gasteiger partial charge in [-0.1, -0.05) is 27.7 Å². The van der Waals surface area contributed by atoms with Gasteiger partial charge in [0, 0.05) is 25.7 Å². The third-order valence-electron chi connectivity index (χ3n) is 4.58. The summed E-state index contributed by atoms with van der Waals surface area (Å²) in [6.07, 6.45) is 1.34. The van der Waals surface area contributed by atoms with Crippen LogP contribution in [0.3, 0.4) is 0 Å². The van der Waals surface area contributed by atoms with Crippen LogP contribution in [0.1, 0.15) is 34.1 Å². The molecule has 0 aliphatic carbocycles. The predicted octanol–water partition coefficient (Wildman–Crippen LogP) is 1.72. The monoisotopic (exact) mass is 196 g/mol. The highest BCUT2D eigenvalue weighted by Gasteiger charge is 2.47. The summed E-state index contributed by atoms with van der Waals surface area (Å²) in [7, 11) is 0. The molecule has 14 heavy (non-hydrogen) atoms. The normalized spacial score (nSPS) is 36.4. The maximum atomic E-state index is 3.46. The van der Waals surface area contributed by atoms with Crippen molar-refractivity contribution >= 4 is 0 Å². The summed E-state index contributed by atoms with van der Waals surface area (Å²) in [6, 6.07) is 0.802. The van der Waals surface area contributed by atoms with Gasteiger partial charge in [-0.05, 0) is 23.8 Å². The second-order valence-electron chi connectivity index (χ2n) is 6.32. The van der Waals surface area contributed by atoms with E-state index in [1.54, 1.807) is 0 Å². The van der Waals surface area contributed by atoms with Crippen molar-refractivity contribution in [3.63, 3.8) is 0 Å². The minimum atomic E-state index is 0.468. The lowest BCUT2D eigenvalue weighted by Gasteiger charge is -2.33. The minimum Gasteiger partial charge on any atom is -0.315 e. The van der Waals surface area contributed by atoms with Gasteiger partial charge < -0.3 is 5.32 Å². The van der Waals surface area contributed by atoms with Crippen molar-refractivity contribution in [2.24, 2.45) is 10.8 Å². The molecule has 2 fully saturated rings. The molecule has 2 aliphatic heterocycles.